The summed E-state index contributed by atoms with van der Waals surface area (Å²) in [6.07, 6.45) is 1.55. The second-order valence-corrected chi connectivity index (χ2v) is 5.33. The number of carbonyl (C=O) groups is 2. The Morgan fingerprint density at radius 3 is 1.15 bits per heavy atom. The third-order valence-corrected chi connectivity index (χ3v) is 2.18. The predicted molar refractivity (Wildman–Crippen MR) is 77.7 cm³/mol. The zero-order chi connectivity index (χ0) is 17.0. The molecular formula is C14H30O6. The first-order valence-corrected chi connectivity index (χ1v) is 6.69. The van der Waals surface area contributed by atoms with E-state index in [0.717, 1.165) is 0 Å². The Balaban J connectivity index is -0.000000244. The summed E-state index contributed by atoms with van der Waals surface area (Å²) in [4.78, 5) is 18.7. The quantitative estimate of drug-likeness (QED) is 0.618. The largest absolute Gasteiger partial charge is 0.481 e. The van der Waals surface area contributed by atoms with Crippen LogP contribution in [0.2, 0.25) is 0 Å². The van der Waals surface area contributed by atoms with Gasteiger partial charge in [-0.25, -0.2) is 0 Å². The highest BCUT2D eigenvalue weighted by molar-refractivity contribution is 5.66. The minimum Gasteiger partial charge on any atom is -0.481 e. The molecule has 0 aliphatic carbocycles. The maximum absolute atomic E-state index is 9.50. The van der Waals surface area contributed by atoms with Gasteiger partial charge < -0.3 is 20.4 Å². The molecule has 20 heavy (non-hydrogen) atoms. The van der Waals surface area contributed by atoms with Gasteiger partial charge in [-0.3, -0.25) is 9.59 Å². The van der Waals surface area contributed by atoms with E-state index in [0.29, 0.717) is 12.8 Å². The van der Waals surface area contributed by atoms with Gasteiger partial charge in [-0.2, -0.15) is 0 Å². The van der Waals surface area contributed by atoms with E-state index in [-0.39, 0.29) is 12.8 Å². The molecule has 0 radical (unpaired) electrons. The van der Waals surface area contributed by atoms with Crippen molar-refractivity contribution in [2.45, 2.75) is 78.4 Å². The van der Waals surface area contributed by atoms with Crippen LogP contribution in [0, 0.1) is 0 Å². The molecule has 0 spiro atoms. The van der Waals surface area contributed by atoms with Crippen molar-refractivity contribution >= 4 is 11.9 Å². The Labute approximate surface area is 121 Å². The van der Waals surface area contributed by atoms with Gasteiger partial charge in [0.2, 0.25) is 0 Å². The molecule has 0 aliphatic rings. The van der Waals surface area contributed by atoms with Crippen molar-refractivity contribution in [2.75, 3.05) is 0 Å². The van der Waals surface area contributed by atoms with Gasteiger partial charge in [0.15, 0.2) is 0 Å². The molecule has 0 aliphatic heterocycles. The molecule has 6 nitrogen and oxygen atoms in total. The molecule has 6 heteroatoms. The van der Waals surface area contributed by atoms with Crippen LogP contribution in [0.15, 0.2) is 0 Å². The van der Waals surface area contributed by atoms with Gasteiger partial charge in [0.05, 0.1) is 11.2 Å². The lowest BCUT2D eigenvalue weighted by Gasteiger charge is -2.28. The van der Waals surface area contributed by atoms with Crippen molar-refractivity contribution < 1.29 is 30.0 Å². The molecule has 0 aromatic carbocycles. The number of rotatable bonds is 5. The van der Waals surface area contributed by atoms with E-state index >= 15 is 0 Å². The summed E-state index contributed by atoms with van der Waals surface area (Å²) in [5.74, 6) is -1.49. The van der Waals surface area contributed by atoms with Crippen molar-refractivity contribution in [1.29, 1.82) is 0 Å². The number of aliphatic carboxylic acids is 2. The molecule has 0 saturated carbocycles. The fourth-order valence-corrected chi connectivity index (χ4v) is 1.06. The summed E-state index contributed by atoms with van der Waals surface area (Å²) >= 11 is 0. The first kappa shape index (κ1) is 23.9. The topological polar surface area (TPSA) is 115 Å². The van der Waals surface area contributed by atoms with Crippen molar-refractivity contribution in [3.8, 4) is 0 Å². The third-order valence-electron chi connectivity index (χ3n) is 2.18. The average Bonchev–Trinajstić information content (AvgIpc) is 2.27. The average molecular weight is 294 g/mol. The lowest BCUT2D eigenvalue weighted by Crippen LogP contribution is -2.34. The Morgan fingerprint density at radius 2 is 1.10 bits per heavy atom. The summed E-state index contributed by atoms with van der Waals surface area (Å²) in [6, 6.07) is 0. The van der Waals surface area contributed by atoms with E-state index in [2.05, 4.69) is 0 Å². The van der Waals surface area contributed by atoms with Crippen LogP contribution in [0.25, 0.3) is 0 Å². The maximum Gasteiger partial charge on any atom is 0.303 e. The maximum atomic E-state index is 9.50. The van der Waals surface area contributed by atoms with Gasteiger partial charge in [0, 0.05) is 19.3 Å². The van der Waals surface area contributed by atoms with E-state index < -0.39 is 23.1 Å². The Kier molecular flexibility index (Phi) is 14.0. The molecule has 0 aromatic rings. The summed E-state index contributed by atoms with van der Waals surface area (Å²) in [6.45, 7) is 10.3. The molecule has 4 N–H and O–H groups in total. The first-order chi connectivity index (χ1) is 8.81. The van der Waals surface area contributed by atoms with Gasteiger partial charge in [0.1, 0.15) is 0 Å². The van der Waals surface area contributed by atoms with Crippen LogP contribution in [0.4, 0.5) is 0 Å². The zero-order valence-electron chi connectivity index (χ0n) is 13.4. The van der Waals surface area contributed by atoms with Crippen LogP contribution < -0.4 is 0 Å². The van der Waals surface area contributed by atoms with Crippen molar-refractivity contribution in [3.63, 3.8) is 0 Å². The molecule has 0 bridgehead atoms. The van der Waals surface area contributed by atoms with Gasteiger partial charge in [-0.05, 0) is 27.2 Å². The van der Waals surface area contributed by atoms with Crippen LogP contribution in [-0.2, 0) is 9.59 Å². The smallest absolute Gasteiger partial charge is 0.303 e. The van der Waals surface area contributed by atoms with E-state index in [1.165, 1.54) is 0 Å². The van der Waals surface area contributed by atoms with E-state index in [1.54, 1.807) is 34.6 Å². The summed E-state index contributed by atoms with van der Waals surface area (Å²) < 4.78 is 0. The van der Waals surface area contributed by atoms with E-state index in [4.69, 9.17) is 10.2 Å². The van der Waals surface area contributed by atoms with Crippen molar-refractivity contribution in [2.24, 2.45) is 0 Å². The van der Waals surface area contributed by atoms with Crippen LogP contribution in [0.3, 0.4) is 0 Å². The number of aliphatic hydroxyl groups is 2. The van der Waals surface area contributed by atoms with Gasteiger partial charge in [0.25, 0.3) is 0 Å². The second kappa shape index (κ2) is 11.7. The second-order valence-electron chi connectivity index (χ2n) is 5.33. The molecule has 0 aromatic heterocycles. The lowest BCUT2D eigenvalue weighted by molar-refractivity contribution is -0.137. The molecule has 1 unspecified atom stereocenters. The zero-order valence-corrected chi connectivity index (χ0v) is 13.4. The lowest BCUT2D eigenvalue weighted by atomic mass is 9.89. The van der Waals surface area contributed by atoms with Gasteiger partial charge >= 0.3 is 11.9 Å². The normalized spacial score (nSPS) is 13.0. The number of hydrogen-bond acceptors (Lipinski definition) is 4. The molecule has 0 fully saturated rings. The molecule has 0 amide bonds. The summed E-state index contributed by atoms with van der Waals surface area (Å²) in [5, 5.41) is 34.3. The van der Waals surface area contributed by atoms with Crippen molar-refractivity contribution in [1.82, 2.24) is 0 Å². The monoisotopic (exact) mass is 294 g/mol. The van der Waals surface area contributed by atoms with Crippen LogP contribution in [0.1, 0.15) is 67.2 Å². The van der Waals surface area contributed by atoms with Gasteiger partial charge in [-0.15, -0.1) is 0 Å². The minimum atomic E-state index is -0.764. The number of carboxylic acid groups (broad SMARTS) is 2. The highest BCUT2D eigenvalue weighted by Crippen LogP contribution is 2.22. The van der Waals surface area contributed by atoms with E-state index in [9.17, 15) is 19.8 Å². The molecule has 0 rings (SSSR count). The molecule has 0 saturated heterocycles. The molecule has 122 valence electrons. The molecule has 1 atom stereocenters. The standard InChI is InChI=1S/C8H18O2.2C3H6O2/c1-5-8(4,10)6-7(2,3)9;2*1-2-3(4)5/h9-10H,5-6H2,1-4H3;2*2H2,1H3,(H,4,5). The van der Waals surface area contributed by atoms with Crippen molar-refractivity contribution in [3.05, 3.63) is 0 Å². The highest BCUT2D eigenvalue weighted by Gasteiger charge is 2.26. The summed E-state index contributed by atoms with van der Waals surface area (Å²) in [5.41, 5.74) is -1.49. The Morgan fingerprint density at radius 1 is 0.850 bits per heavy atom. The predicted octanol–water partition coefficient (Wildman–Crippen LogP) is 2.27. The SMILES string of the molecule is CCC(=O)O.CCC(=O)O.CCC(C)(O)CC(C)(C)O. The van der Waals surface area contributed by atoms with Gasteiger partial charge in [-0.1, -0.05) is 20.8 Å². The number of hydrogen-bond donors (Lipinski definition) is 4. The van der Waals surface area contributed by atoms with E-state index in [1.807, 2.05) is 6.92 Å². The highest BCUT2D eigenvalue weighted by atomic mass is 16.4. The fraction of sp³-hybridized carbons (Fsp3) is 0.857. The van der Waals surface area contributed by atoms with Crippen LogP contribution >= 0.6 is 0 Å². The number of carboxylic acids is 2. The Bertz CT molecular complexity index is 251. The summed E-state index contributed by atoms with van der Waals surface area (Å²) in [7, 11) is 0. The molecule has 0 heterocycles. The van der Waals surface area contributed by atoms with Crippen LogP contribution in [-0.4, -0.2) is 43.6 Å². The minimum absolute atomic E-state index is 0.222. The fourth-order valence-electron chi connectivity index (χ4n) is 1.06. The Hall–Kier alpha value is -1.14. The third kappa shape index (κ3) is 30.2. The van der Waals surface area contributed by atoms with Crippen LogP contribution in [0.5, 0.6) is 0 Å². The molecular weight excluding hydrogens is 264 g/mol. The first-order valence-electron chi connectivity index (χ1n) is 6.69.